The summed E-state index contributed by atoms with van der Waals surface area (Å²) in [7, 11) is 0. The number of nitrogens with two attached hydrogens (primary N) is 2. The summed E-state index contributed by atoms with van der Waals surface area (Å²) in [5, 5.41) is 50.6. The molecule has 0 radical (unpaired) electrons. The van der Waals surface area contributed by atoms with Gasteiger partial charge < -0.3 is 73.2 Å². The topological polar surface area (TPSA) is 391 Å². The second-order valence-electron chi connectivity index (χ2n) is 16.5. The van der Waals surface area contributed by atoms with Crippen molar-refractivity contribution in [3.8, 4) is 0 Å². The number of nitrogens with zero attached hydrogens (tertiary/aromatic N) is 3. The van der Waals surface area contributed by atoms with Gasteiger partial charge >= 0.3 is 17.9 Å². The molecule has 3 aliphatic heterocycles. The number of aliphatic hydroxyl groups is 1. The summed E-state index contributed by atoms with van der Waals surface area (Å²) in [6, 6.07) is -10.1. The monoisotopic (exact) mass is 924 g/mol. The van der Waals surface area contributed by atoms with Gasteiger partial charge in [0.05, 0.1) is 18.7 Å². The van der Waals surface area contributed by atoms with E-state index >= 15 is 0 Å². The lowest BCUT2D eigenvalue weighted by atomic mass is 10.1. The van der Waals surface area contributed by atoms with Crippen molar-refractivity contribution in [3.63, 3.8) is 0 Å². The van der Waals surface area contributed by atoms with Crippen LogP contribution in [0.2, 0.25) is 0 Å². The first kappa shape index (κ1) is 53.4. The highest BCUT2D eigenvalue weighted by Crippen LogP contribution is 2.22. The molecule has 364 valence electrons. The van der Waals surface area contributed by atoms with E-state index in [1.165, 1.54) is 28.5 Å². The molecule has 3 aliphatic rings. The van der Waals surface area contributed by atoms with E-state index in [1.54, 1.807) is 0 Å². The summed E-state index contributed by atoms with van der Waals surface area (Å²) >= 11 is 0. The number of likely N-dealkylation sites (tertiary alicyclic amines) is 3. The average molecular weight is 925 g/mol. The highest BCUT2D eigenvalue weighted by atomic mass is 16.4. The fraction of sp³-hybridized carbons (Fsp3) is 0.725. The fourth-order valence-electron chi connectivity index (χ4n) is 8.04. The SMILES string of the molecule is C[C@H](NC(=O)[C@H](CCC(=O)O)NC(=O)[C@@H](NC(=O)[C@@H]1CCCN1C(=O)CNC(=O)[C@@H]1CCCN1C(=O)[C@@H](N)CCC(=O)O)[C@@H](C)O)C(=O)N1CCC[C@H]1C(=O)N[C@@H](CCCCN)C(=O)O. The van der Waals surface area contributed by atoms with Crippen LogP contribution in [0.25, 0.3) is 0 Å². The van der Waals surface area contributed by atoms with Crippen LogP contribution in [-0.2, 0) is 52.7 Å². The van der Waals surface area contributed by atoms with E-state index in [0.717, 1.165) is 0 Å². The molecule has 25 nitrogen and oxygen atoms in total. The molecule has 13 N–H and O–H groups in total. The smallest absolute Gasteiger partial charge is 0.326 e. The molecular formula is C40H64N10O15. The second kappa shape index (κ2) is 25.5. The minimum Gasteiger partial charge on any atom is -0.481 e. The Kier molecular flexibility index (Phi) is 21.0. The number of amides is 8. The van der Waals surface area contributed by atoms with E-state index in [-0.39, 0.29) is 58.2 Å². The zero-order chi connectivity index (χ0) is 48.5. The van der Waals surface area contributed by atoms with Crippen LogP contribution in [0, 0.1) is 0 Å². The number of carbonyl (C=O) groups is 11. The molecule has 25 heteroatoms. The summed E-state index contributed by atoms with van der Waals surface area (Å²) in [6.45, 7) is 2.68. The Labute approximate surface area is 375 Å². The Balaban J connectivity index is 1.62. The molecule has 0 bridgehead atoms. The standard InChI is InChI=1S/C40H64N10O15/c1-21(38(62)49-18-7-11-28(49)35(59)46-25(40(64)65)8-3-4-16-41)44-33(57)24(13-15-31(55)56)45-37(61)32(22(2)51)47-36(60)27-10-5-17-48(27)29(52)20-43-34(58)26-9-6-19-50(26)39(63)23(42)12-14-30(53)54/h21-28,32,51H,3-20,41-42H2,1-2H3,(H,43,58)(H,44,57)(H,45,61)(H,46,59)(H,47,60)(H,53,54)(H,55,56)(H,64,65)/t21-,22+,23-,24-,25-,26-,27-,28-,32-/m0/s1. The first-order chi connectivity index (χ1) is 30.7. The molecule has 0 spiro atoms. The van der Waals surface area contributed by atoms with Crippen molar-refractivity contribution in [1.82, 2.24) is 41.3 Å². The lowest BCUT2D eigenvalue weighted by Crippen LogP contribution is -2.61. The first-order valence-electron chi connectivity index (χ1n) is 21.9. The van der Waals surface area contributed by atoms with Gasteiger partial charge in [0, 0.05) is 32.5 Å². The highest BCUT2D eigenvalue weighted by molar-refractivity contribution is 5.98. The fourth-order valence-corrected chi connectivity index (χ4v) is 8.04. The summed E-state index contributed by atoms with van der Waals surface area (Å²) < 4.78 is 0. The van der Waals surface area contributed by atoms with E-state index in [4.69, 9.17) is 16.6 Å². The maximum atomic E-state index is 13.6. The third-order valence-corrected chi connectivity index (χ3v) is 11.6. The molecule has 65 heavy (non-hydrogen) atoms. The lowest BCUT2D eigenvalue weighted by molar-refractivity contribution is -0.145. The number of nitrogens with one attached hydrogen (secondary N) is 5. The van der Waals surface area contributed by atoms with Gasteiger partial charge in [-0.15, -0.1) is 0 Å². The number of hydrogen-bond acceptors (Lipinski definition) is 14. The molecule has 0 unspecified atom stereocenters. The minimum atomic E-state index is -1.72. The second-order valence-corrected chi connectivity index (χ2v) is 16.5. The van der Waals surface area contributed by atoms with Gasteiger partial charge in [0.15, 0.2) is 0 Å². The van der Waals surface area contributed by atoms with Crippen molar-refractivity contribution in [2.75, 3.05) is 32.7 Å². The van der Waals surface area contributed by atoms with Crippen LogP contribution in [0.5, 0.6) is 0 Å². The molecule has 0 aliphatic carbocycles. The normalized spacial score (nSPS) is 20.9. The van der Waals surface area contributed by atoms with E-state index in [2.05, 4.69) is 26.6 Å². The molecule has 0 aromatic rings. The quantitative estimate of drug-likeness (QED) is 0.0386. The lowest BCUT2D eigenvalue weighted by Gasteiger charge is -2.30. The number of unbranched alkanes of at least 4 members (excludes halogenated alkanes) is 1. The number of carbonyl (C=O) groups excluding carboxylic acids is 8. The molecule has 0 saturated carbocycles. The van der Waals surface area contributed by atoms with Gasteiger partial charge in [-0.1, -0.05) is 0 Å². The van der Waals surface area contributed by atoms with Crippen LogP contribution < -0.4 is 38.1 Å². The van der Waals surface area contributed by atoms with Gasteiger partial charge in [-0.2, -0.15) is 0 Å². The number of aliphatic carboxylic acids is 3. The Morgan fingerprint density at radius 2 is 1.14 bits per heavy atom. The maximum absolute atomic E-state index is 13.6. The average Bonchev–Trinajstić information content (AvgIpc) is 4.06. The van der Waals surface area contributed by atoms with Crippen LogP contribution in [-0.4, -0.2) is 187 Å². The number of hydrogen-bond donors (Lipinski definition) is 11. The minimum absolute atomic E-state index is 0.0973. The molecule has 3 fully saturated rings. The Hall–Kier alpha value is -5.95. The Morgan fingerprint density at radius 1 is 0.615 bits per heavy atom. The van der Waals surface area contributed by atoms with Crippen LogP contribution in [0.3, 0.4) is 0 Å². The number of carboxylic acids is 3. The number of carboxylic acid groups (broad SMARTS) is 3. The van der Waals surface area contributed by atoms with Gasteiger partial charge in [0.2, 0.25) is 47.3 Å². The molecule has 8 amide bonds. The van der Waals surface area contributed by atoms with Gasteiger partial charge in [0.25, 0.3) is 0 Å². The first-order valence-corrected chi connectivity index (χ1v) is 21.9. The van der Waals surface area contributed by atoms with Crippen LogP contribution in [0.4, 0.5) is 0 Å². The molecule has 0 aromatic heterocycles. The van der Waals surface area contributed by atoms with E-state index in [1.807, 2.05) is 0 Å². The Morgan fingerprint density at radius 3 is 1.69 bits per heavy atom. The van der Waals surface area contributed by atoms with Gasteiger partial charge in [-0.05, 0) is 91.0 Å². The third-order valence-electron chi connectivity index (χ3n) is 11.6. The van der Waals surface area contributed by atoms with Crippen LogP contribution in [0.1, 0.15) is 97.3 Å². The molecule has 0 aromatic carbocycles. The van der Waals surface area contributed by atoms with Crippen molar-refractivity contribution in [3.05, 3.63) is 0 Å². The van der Waals surface area contributed by atoms with Crippen molar-refractivity contribution in [1.29, 1.82) is 0 Å². The van der Waals surface area contributed by atoms with Crippen molar-refractivity contribution in [2.24, 2.45) is 11.5 Å². The molecule has 3 rings (SSSR count). The summed E-state index contributed by atoms with van der Waals surface area (Å²) in [4.78, 5) is 144. The predicted octanol–water partition coefficient (Wildman–Crippen LogP) is -4.31. The molecular weight excluding hydrogens is 860 g/mol. The summed E-state index contributed by atoms with van der Waals surface area (Å²) in [5.74, 6) is -9.98. The zero-order valence-corrected chi connectivity index (χ0v) is 36.7. The largest absolute Gasteiger partial charge is 0.481 e. The van der Waals surface area contributed by atoms with Gasteiger partial charge in [-0.25, -0.2) is 4.79 Å². The van der Waals surface area contributed by atoms with E-state index in [9.17, 15) is 68.1 Å². The van der Waals surface area contributed by atoms with Crippen molar-refractivity contribution in [2.45, 2.75) is 152 Å². The zero-order valence-electron chi connectivity index (χ0n) is 36.7. The maximum Gasteiger partial charge on any atom is 0.326 e. The molecule has 9 atom stereocenters. The highest BCUT2D eigenvalue weighted by Gasteiger charge is 2.41. The van der Waals surface area contributed by atoms with Crippen LogP contribution >= 0.6 is 0 Å². The number of aliphatic hydroxyl groups excluding tert-OH is 1. The molecule has 3 heterocycles. The van der Waals surface area contributed by atoms with Gasteiger partial charge in [-0.3, -0.25) is 47.9 Å². The third kappa shape index (κ3) is 15.6. The van der Waals surface area contributed by atoms with Crippen molar-refractivity contribution < 1.29 is 73.2 Å². The predicted molar refractivity (Wildman–Crippen MR) is 225 cm³/mol. The van der Waals surface area contributed by atoms with Crippen molar-refractivity contribution >= 4 is 65.2 Å². The summed E-state index contributed by atoms with van der Waals surface area (Å²) in [5.41, 5.74) is 11.4. The Bertz CT molecular complexity index is 1780. The van der Waals surface area contributed by atoms with Gasteiger partial charge in [0.1, 0.15) is 42.3 Å². The number of rotatable bonds is 25. The summed E-state index contributed by atoms with van der Waals surface area (Å²) in [6.07, 6.45) is -0.167. The molecule has 3 saturated heterocycles. The van der Waals surface area contributed by atoms with Crippen LogP contribution in [0.15, 0.2) is 0 Å². The van der Waals surface area contributed by atoms with E-state index in [0.29, 0.717) is 38.6 Å². The van der Waals surface area contributed by atoms with E-state index < -0.39 is 139 Å².